The van der Waals surface area contributed by atoms with Crippen LogP contribution in [0.1, 0.15) is 25.6 Å². The summed E-state index contributed by atoms with van der Waals surface area (Å²) in [7, 11) is 0. The van der Waals surface area contributed by atoms with Crippen LogP contribution in [0.5, 0.6) is 0 Å². The van der Waals surface area contributed by atoms with Gasteiger partial charge < -0.3 is 17.0 Å². The van der Waals surface area contributed by atoms with Crippen LogP contribution in [-0.4, -0.2) is 15.3 Å². The zero-order valence-corrected chi connectivity index (χ0v) is 13.9. The number of carbonyl (C=O) groups excluding carboxylic acids is 1. The average Bonchev–Trinajstić information content (AvgIpc) is 3.10. The molecular weight excluding hydrogens is 308 g/mol. The molecule has 0 spiro atoms. The lowest BCUT2D eigenvalue weighted by atomic mass is 9.92. The third kappa shape index (κ3) is 3.35. The van der Waals surface area contributed by atoms with Gasteiger partial charge in [0.05, 0.1) is 6.33 Å². The monoisotopic (exact) mass is 326 g/mol. The number of nitrogens with zero attached hydrogens (tertiary/aromatic N) is 2. The number of hydrogen-bond donors (Lipinski definition) is 0. The second kappa shape index (κ2) is 6.80. The number of aromatic nitrogens is 2. The topological polar surface area (TPSA) is 34.9 Å². The lowest BCUT2D eigenvalue weighted by Crippen LogP contribution is -3.00. The van der Waals surface area contributed by atoms with Gasteiger partial charge in [-0.1, -0.05) is 54.6 Å². The van der Waals surface area contributed by atoms with Crippen LogP contribution >= 0.6 is 0 Å². The Morgan fingerprint density at radius 2 is 1.61 bits per heavy atom. The van der Waals surface area contributed by atoms with Crippen molar-refractivity contribution in [1.82, 2.24) is 9.55 Å². The number of rotatable bonds is 4. The average molecular weight is 327 g/mol. The molecule has 1 heterocycles. The summed E-state index contributed by atoms with van der Waals surface area (Å²) in [6.45, 7) is 3.81. The lowest BCUT2D eigenvalue weighted by molar-refractivity contribution is -0.0000119. The maximum atomic E-state index is 12.8. The van der Waals surface area contributed by atoms with Crippen LogP contribution in [0.2, 0.25) is 0 Å². The second-order valence-corrected chi connectivity index (χ2v) is 5.80. The second-order valence-electron chi connectivity index (χ2n) is 5.80. The Bertz CT molecular complexity index is 769. The molecule has 0 unspecified atom stereocenters. The van der Waals surface area contributed by atoms with Crippen molar-refractivity contribution in [2.45, 2.75) is 19.4 Å². The Morgan fingerprint density at radius 3 is 2.17 bits per heavy atom. The molecule has 0 radical (unpaired) electrons. The Balaban J connectivity index is 0.00000144. The van der Waals surface area contributed by atoms with Crippen molar-refractivity contribution in [2.24, 2.45) is 0 Å². The number of halogens is 1. The van der Waals surface area contributed by atoms with Gasteiger partial charge in [-0.3, -0.25) is 4.79 Å². The molecular formula is C19H19ClN2O. The number of hydrogen-bond acceptors (Lipinski definition) is 2. The quantitative estimate of drug-likeness (QED) is 0.677. The van der Waals surface area contributed by atoms with E-state index in [1.54, 1.807) is 12.5 Å². The van der Waals surface area contributed by atoms with Gasteiger partial charge in [-0.25, -0.2) is 4.98 Å². The van der Waals surface area contributed by atoms with Gasteiger partial charge in [0.2, 0.25) is 0 Å². The van der Waals surface area contributed by atoms with Crippen LogP contribution in [0.15, 0.2) is 73.3 Å². The van der Waals surface area contributed by atoms with Crippen molar-refractivity contribution in [2.75, 3.05) is 0 Å². The summed E-state index contributed by atoms with van der Waals surface area (Å²) < 4.78 is 1.83. The highest BCUT2D eigenvalue weighted by Crippen LogP contribution is 2.24. The molecule has 0 bridgehead atoms. The Hall–Kier alpha value is -2.39. The molecule has 4 heteroatoms. The van der Waals surface area contributed by atoms with Crippen LogP contribution < -0.4 is 12.4 Å². The number of benzene rings is 2. The molecule has 3 rings (SSSR count). The molecule has 0 aliphatic rings. The van der Waals surface area contributed by atoms with Crippen molar-refractivity contribution in [3.63, 3.8) is 0 Å². The summed E-state index contributed by atoms with van der Waals surface area (Å²) in [5.41, 5.74) is 2.32. The van der Waals surface area contributed by atoms with Gasteiger partial charge in [-0.2, -0.15) is 0 Å². The molecule has 23 heavy (non-hydrogen) atoms. The minimum Gasteiger partial charge on any atom is -1.00 e. The summed E-state index contributed by atoms with van der Waals surface area (Å²) >= 11 is 0. The first-order chi connectivity index (χ1) is 10.6. The SMILES string of the molecule is CC(C)(C(=O)c1ccc(-c2ccccc2)cc1)n1ccnc1.[Cl-].[H+]. The first-order valence-electron chi connectivity index (χ1n) is 7.28. The zero-order chi connectivity index (χ0) is 15.6. The van der Waals surface area contributed by atoms with Crippen molar-refractivity contribution in [3.05, 3.63) is 78.9 Å². The summed E-state index contributed by atoms with van der Waals surface area (Å²) in [5, 5.41) is 0. The van der Waals surface area contributed by atoms with Crippen LogP contribution in [0.4, 0.5) is 0 Å². The zero-order valence-electron chi connectivity index (χ0n) is 14.1. The van der Waals surface area contributed by atoms with E-state index in [1.165, 1.54) is 0 Å². The van der Waals surface area contributed by atoms with E-state index >= 15 is 0 Å². The van der Waals surface area contributed by atoms with Gasteiger partial charge in [0, 0.05) is 18.0 Å². The largest absolute Gasteiger partial charge is 1.00 e. The van der Waals surface area contributed by atoms with E-state index in [1.807, 2.05) is 67.1 Å². The van der Waals surface area contributed by atoms with Crippen molar-refractivity contribution < 1.29 is 18.6 Å². The van der Waals surface area contributed by atoms with E-state index in [4.69, 9.17) is 0 Å². The predicted octanol–water partition coefficient (Wildman–Crippen LogP) is 1.28. The molecule has 1 aromatic heterocycles. The van der Waals surface area contributed by atoms with Gasteiger partial charge >= 0.3 is 1.43 Å². The van der Waals surface area contributed by atoms with Crippen LogP contribution in [-0.2, 0) is 5.54 Å². The van der Waals surface area contributed by atoms with E-state index in [2.05, 4.69) is 17.1 Å². The molecule has 0 aliphatic carbocycles. The molecule has 0 N–H and O–H groups in total. The van der Waals surface area contributed by atoms with Gasteiger partial charge in [0.25, 0.3) is 0 Å². The van der Waals surface area contributed by atoms with Gasteiger partial charge in [-0.15, -0.1) is 0 Å². The van der Waals surface area contributed by atoms with E-state index in [0.29, 0.717) is 5.56 Å². The van der Waals surface area contributed by atoms with Crippen molar-refractivity contribution >= 4 is 5.78 Å². The number of Topliss-reactive ketones (excluding diaryl/α,β-unsaturated/α-hetero) is 1. The van der Waals surface area contributed by atoms with E-state index in [9.17, 15) is 4.79 Å². The van der Waals surface area contributed by atoms with E-state index < -0.39 is 5.54 Å². The van der Waals surface area contributed by atoms with Crippen LogP contribution in [0.3, 0.4) is 0 Å². The van der Waals surface area contributed by atoms with Crippen LogP contribution in [0.25, 0.3) is 11.1 Å². The van der Waals surface area contributed by atoms with Crippen LogP contribution in [0, 0.1) is 0 Å². The number of carbonyl (C=O) groups is 1. The number of imidazole rings is 1. The van der Waals surface area contributed by atoms with Crippen molar-refractivity contribution in [1.29, 1.82) is 0 Å². The highest BCUT2D eigenvalue weighted by Gasteiger charge is 2.29. The molecule has 0 saturated heterocycles. The fraction of sp³-hybridized carbons (Fsp3) is 0.158. The first kappa shape index (κ1) is 17.0. The third-order valence-corrected chi connectivity index (χ3v) is 3.96. The predicted molar refractivity (Wildman–Crippen MR) is 88.9 cm³/mol. The summed E-state index contributed by atoms with van der Waals surface area (Å²) in [6.07, 6.45) is 5.18. The Kier molecular flexibility index (Phi) is 5.02. The standard InChI is InChI=1S/C19H18N2O.ClH/c1-19(2,21-13-12-20-14-21)18(22)17-10-8-16(9-11-17)15-6-4-3-5-7-15;/h3-14H,1-2H3;1H. The molecule has 2 aromatic carbocycles. The molecule has 3 nitrogen and oxygen atoms in total. The molecule has 0 fully saturated rings. The summed E-state index contributed by atoms with van der Waals surface area (Å²) in [6, 6.07) is 17.9. The Morgan fingerprint density at radius 1 is 1.00 bits per heavy atom. The molecule has 0 aliphatic heterocycles. The smallest absolute Gasteiger partial charge is 1.00 e. The highest BCUT2D eigenvalue weighted by molar-refractivity contribution is 6.01. The van der Waals surface area contributed by atoms with E-state index in [-0.39, 0.29) is 19.6 Å². The fourth-order valence-corrected chi connectivity index (χ4v) is 2.50. The van der Waals surface area contributed by atoms with Crippen molar-refractivity contribution in [3.8, 4) is 11.1 Å². The first-order valence-corrected chi connectivity index (χ1v) is 7.28. The molecule has 3 aromatic rings. The van der Waals surface area contributed by atoms with Gasteiger partial charge in [0.1, 0.15) is 5.54 Å². The fourth-order valence-electron chi connectivity index (χ4n) is 2.50. The molecule has 118 valence electrons. The number of ketones is 1. The minimum absolute atomic E-state index is 0. The highest BCUT2D eigenvalue weighted by atomic mass is 35.5. The third-order valence-electron chi connectivity index (χ3n) is 3.96. The summed E-state index contributed by atoms with van der Waals surface area (Å²) in [5.74, 6) is 0.0742. The van der Waals surface area contributed by atoms with E-state index in [0.717, 1.165) is 11.1 Å². The Labute approximate surface area is 143 Å². The summed E-state index contributed by atoms with van der Waals surface area (Å²) in [4.78, 5) is 16.8. The van der Waals surface area contributed by atoms with Gasteiger partial charge in [0.15, 0.2) is 5.78 Å². The minimum atomic E-state index is -0.648. The van der Waals surface area contributed by atoms with Gasteiger partial charge in [-0.05, 0) is 25.0 Å². The maximum Gasteiger partial charge on any atom is 1.00 e. The normalized spacial score (nSPS) is 10.9. The molecule has 0 saturated carbocycles. The maximum absolute atomic E-state index is 12.8. The lowest BCUT2D eigenvalue weighted by Gasteiger charge is -2.25. The molecule has 0 amide bonds. The molecule has 0 atom stereocenters.